The molecule has 0 aromatic carbocycles. The number of urea groups is 1. The van der Waals surface area contributed by atoms with Gasteiger partial charge in [-0.1, -0.05) is 0 Å². The number of rotatable bonds is 3. The predicted molar refractivity (Wildman–Crippen MR) is 81.8 cm³/mol. The fourth-order valence-electron chi connectivity index (χ4n) is 2.36. The second-order valence-electron chi connectivity index (χ2n) is 6.57. The van der Waals surface area contributed by atoms with E-state index in [0.29, 0.717) is 0 Å². The van der Waals surface area contributed by atoms with Crippen molar-refractivity contribution in [3.63, 3.8) is 0 Å². The molecule has 1 aromatic rings. The summed E-state index contributed by atoms with van der Waals surface area (Å²) < 4.78 is 45.0. The predicted octanol–water partition coefficient (Wildman–Crippen LogP) is 1.66. The van der Waals surface area contributed by atoms with Crippen LogP contribution < -0.4 is 16.0 Å². The standard InChI is InChI=1S/C15H17F3N4O4/c1-13(2,3)26-12(25)20-7-14(10(23)21-11(24)22-14)9-8(15(16,17)18)5-4-6-19-9/h4-6H,7H2,1-3H3,(H,20,25)(H2,21,22,23,24). The van der Waals surface area contributed by atoms with Gasteiger partial charge in [-0.3, -0.25) is 15.1 Å². The van der Waals surface area contributed by atoms with Crippen molar-refractivity contribution in [3.05, 3.63) is 29.6 Å². The van der Waals surface area contributed by atoms with E-state index < -0.39 is 53.1 Å². The van der Waals surface area contributed by atoms with Crippen LogP contribution in [0.3, 0.4) is 0 Å². The Hall–Kier alpha value is -2.85. The molecule has 0 spiro atoms. The number of hydrogen-bond donors (Lipinski definition) is 3. The number of ether oxygens (including phenoxy) is 1. The van der Waals surface area contributed by atoms with Crippen molar-refractivity contribution in [2.24, 2.45) is 0 Å². The molecule has 0 aliphatic carbocycles. The fourth-order valence-corrected chi connectivity index (χ4v) is 2.36. The molecule has 26 heavy (non-hydrogen) atoms. The first-order valence-electron chi connectivity index (χ1n) is 7.48. The largest absolute Gasteiger partial charge is 0.444 e. The van der Waals surface area contributed by atoms with Crippen LogP contribution in [0.15, 0.2) is 18.3 Å². The number of pyridine rings is 1. The van der Waals surface area contributed by atoms with Gasteiger partial charge in [0.1, 0.15) is 5.60 Å². The lowest BCUT2D eigenvalue weighted by Crippen LogP contribution is -2.54. The number of imide groups is 1. The number of carbonyl (C=O) groups excluding carboxylic acids is 3. The van der Waals surface area contributed by atoms with Gasteiger partial charge < -0.3 is 15.4 Å². The van der Waals surface area contributed by atoms with Crippen LogP contribution in [-0.2, 0) is 21.2 Å². The fraction of sp³-hybridized carbons (Fsp3) is 0.467. The van der Waals surface area contributed by atoms with Gasteiger partial charge in [-0.15, -0.1) is 0 Å². The Bertz CT molecular complexity index is 745. The minimum atomic E-state index is -4.82. The molecule has 1 unspecified atom stereocenters. The first-order chi connectivity index (χ1) is 11.8. The van der Waals surface area contributed by atoms with Gasteiger partial charge in [0.05, 0.1) is 17.8 Å². The van der Waals surface area contributed by atoms with Crippen LogP contribution in [0.2, 0.25) is 0 Å². The second kappa shape index (κ2) is 6.46. The number of hydrogen-bond acceptors (Lipinski definition) is 5. The smallest absolute Gasteiger partial charge is 0.418 e. The summed E-state index contributed by atoms with van der Waals surface area (Å²) in [5.74, 6) is -1.07. The molecule has 1 fully saturated rings. The summed E-state index contributed by atoms with van der Waals surface area (Å²) in [7, 11) is 0. The third-order valence-electron chi connectivity index (χ3n) is 3.36. The number of halogens is 3. The van der Waals surface area contributed by atoms with E-state index in [4.69, 9.17) is 4.74 Å². The molecule has 2 heterocycles. The number of amides is 4. The third kappa shape index (κ3) is 4.03. The highest BCUT2D eigenvalue weighted by atomic mass is 19.4. The lowest BCUT2D eigenvalue weighted by molar-refractivity contribution is -0.139. The van der Waals surface area contributed by atoms with Gasteiger partial charge in [-0.2, -0.15) is 13.2 Å². The first-order valence-corrected chi connectivity index (χ1v) is 7.48. The molecular formula is C15H17F3N4O4. The summed E-state index contributed by atoms with van der Waals surface area (Å²) in [5, 5.41) is 6.21. The van der Waals surface area contributed by atoms with Crippen molar-refractivity contribution < 1.29 is 32.3 Å². The molecule has 11 heteroatoms. The highest BCUT2D eigenvalue weighted by Crippen LogP contribution is 2.36. The molecule has 1 aliphatic heterocycles. The average molecular weight is 374 g/mol. The quantitative estimate of drug-likeness (QED) is 0.697. The molecular weight excluding hydrogens is 357 g/mol. The Morgan fingerprint density at radius 1 is 1.31 bits per heavy atom. The molecule has 0 radical (unpaired) electrons. The molecule has 1 saturated heterocycles. The van der Waals surface area contributed by atoms with Crippen molar-refractivity contribution in [2.45, 2.75) is 38.1 Å². The van der Waals surface area contributed by atoms with Crippen LogP contribution in [0.1, 0.15) is 32.0 Å². The van der Waals surface area contributed by atoms with Crippen molar-refractivity contribution in [2.75, 3.05) is 6.54 Å². The Labute approximate surface area is 146 Å². The van der Waals surface area contributed by atoms with Crippen LogP contribution in [0, 0.1) is 0 Å². The van der Waals surface area contributed by atoms with Gasteiger partial charge in [0.2, 0.25) is 0 Å². The summed E-state index contributed by atoms with van der Waals surface area (Å²) in [4.78, 5) is 39.4. The zero-order valence-corrected chi connectivity index (χ0v) is 14.2. The van der Waals surface area contributed by atoms with Crippen LogP contribution in [-0.4, -0.2) is 35.2 Å². The highest BCUT2D eigenvalue weighted by Gasteiger charge is 2.53. The van der Waals surface area contributed by atoms with Crippen LogP contribution in [0.4, 0.5) is 22.8 Å². The minimum absolute atomic E-state index is 0.681. The van der Waals surface area contributed by atoms with Crippen LogP contribution in [0.25, 0.3) is 0 Å². The van der Waals surface area contributed by atoms with Gasteiger partial charge in [-0.25, -0.2) is 9.59 Å². The summed E-state index contributed by atoms with van der Waals surface area (Å²) >= 11 is 0. The Kier molecular flexibility index (Phi) is 4.84. The minimum Gasteiger partial charge on any atom is -0.444 e. The van der Waals surface area contributed by atoms with Gasteiger partial charge >= 0.3 is 18.3 Å². The number of carbonyl (C=O) groups is 3. The SMILES string of the molecule is CC(C)(C)OC(=O)NCC1(c2ncccc2C(F)(F)F)NC(=O)NC1=O. The number of alkyl halides is 3. The lowest BCUT2D eigenvalue weighted by atomic mass is 9.90. The molecule has 3 N–H and O–H groups in total. The van der Waals surface area contributed by atoms with Gasteiger partial charge in [0.15, 0.2) is 5.54 Å². The second-order valence-corrected chi connectivity index (χ2v) is 6.57. The zero-order chi connectivity index (χ0) is 19.8. The molecule has 0 saturated carbocycles. The maximum atomic E-state index is 13.3. The van der Waals surface area contributed by atoms with E-state index >= 15 is 0 Å². The van der Waals surface area contributed by atoms with E-state index in [2.05, 4.69) is 15.6 Å². The maximum absolute atomic E-state index is 13.3. The number of nitrogens with zero attached hydrogens (tertiary/aromatic N) is 1. The number of alkyl carbamates (subject to hydrolysis) is 1. The Morgan fingerprint density at radius 2 is 1.96 bits per heavy atom. The van der Waals surface area contributed by atoms with Gasteiger partial charge in [-0.05, 0) is 32.9 Å². The van der Waals surface area contributed by atoms with Crippen molar-refractivity contribution in [1.29, 1.82) is 0 Å². The van der Waals surface area contributed by atoms with E-state index in [1.165, 1.54) is 0 Å². The molecule has 1 aromatic heterocycles. The van der Waals surface area contributed by atoms with Crippen LogP contribution in [0.5, 0.6) is 0 Å². The van der Waals surface area contributed by atoms with Crippen molar-refractivity contribution in [3.8, 4) is 0 Å². The molecule has 4 amide bonds. The van der Waals surface area contributed by atoms with E-state index in [9.17, 15) is 27.6 Å². The third-order valence-corrected chi connectivity index (χ3v) is 3.36. The highest BCUT2D eigenvalue weighted by molar-refractivity contribution is 6.07. The average Bonchev–Trinajstić information content (AvgIpc) is 2.77. The monoisotopic (exact) mass is 374 g/mol. The first kappa shape index (κ1) is 19.5. The van der Waals surface area contributed by atoms with E-state index in [-0.39, 0.29) is 0 Å². The summed E-state index contributed by atoms with van der Waals surface area (Å²) in [6.07, 6.45) is -4.73. The molecule has 2 rings (SSSR count). The maximum Gasteiger partial charge on any atom is 0.418 e. The molecule has 142 valence electrons. The summed E-state index contributed by atoms with van der Waals surface area (Å²) in [6.45, 7) is 4.09. The Balaban J connectivity index is 2.42. The Morgan fingerprint density at radius 3 is 2.46 bits per heavy atom. The number of aromatic nitrogens is 1. The molecule has 0 bridgehead atoms. The van der Waals surface area contributed by atoms with E-state index in [0.717, 1.165) is 18.3 Å². The zero-order valence-electron chi connectivity index (χ0n) is 14.2. The topological polar surface area (TPSA) is 109 Å². The molecule has 1 aliphatic rings. The summed E-state index contributed by atoms with van der Waals surface area (Å²) in [6, 6.07) is 0.783. The lowest BCUT2D eigenvalue weighted by Gasteiger charge is -2.29. The van der Waals surface area contributed by atoms with Gasteiger partial charge in [0, 0.05) is 6.20 Å². The van der Waals surface area contributed by atoms with Crippen LogP contribution >= 0.6 is 0 Å². The normalized spacial score (nSPS) is 20.4. The van der Waals surface area contributed by atoms with Gasteiger partial charge in [0.25, 0.3) is 5.91 Å². The molecule has 8 nitrogen and oxygen atoms in total. The van der Waals surface area contributed by atoms with Crippen molar-refractivity contribution in [1.82, 2.24) is 20.9 Å². The number of nitrogens with one attached hydrogen (secondary N) is 3. The van der Waals surface area contributed by atoms with E-state index in [1.54, 1.807) is 20.8 Å². The summed E-state index contributed by atoms with van der Waals surface area (Å²) in [5.41, 5.74) is -5.02. The van der Waals surface area contributed by atoms with E-state index in [1.807, 2.05) is 5.32 Å². The molecule has 1 atom stereocenters. The van der Waals surface area contributed by atoms with Crippen molar-refractivity contribution >= 4 is 18.0 Å².